The minimum atomic E-state index is -0.490. The third kappa shape index (κ3) is 0.834. The molecule has 0 aromatic carbocycles. The molecule has 0 saturated carbocycles. The van der Waals surface area contributed by atoms with Crippen molar-refractivity contribution in [3.05, 3.63) is 17.3 Å². The van der Waals surface area contributed by atoms with E-state index in [4.69, 9.17) is 11.5 Å². The van der Waals surface area contributed by atoms with Gasteiger partial charge in [0.25, 0.3) is 5.91 Å². The molecule has 1 heterocycles. The van der Waals surface area contributed by atoms with Crippen molar-refractivity contribution in [2.45, 2.75) is 6.92 Å². The smallest absolute Gasteiger partial charge is 0.252 e. The predicted octanol–water partition coefficient (Wildman–Crippen LogP) is 0.00422. The van der Waals surface area contributed by atoms with Gasteiger partial charge >= 0.3 is 0 Å². The molecule has 1 aromatic heterocycles. The minimum Gasteiger partial charge on any atom is -0.385 e. The molecule has 1 aromatic rings. The first-order chi connectivity index (χ1) is 4.63. The molecule has 5 N–H and O–H groups in total. The lowest BCUT2D eigenvalue weighted by molar-refractivity contribution is 0.100. The van der Waals surface area contributed by atoms with Crippen LogP contribution >= 0.6 is 0 Å². The molecule has 4 heteroatoms. The molecule has 0 fully saturated rings. The minimum absolute atomic E-state index is 0.338. The number of aromatic amines is 1. The summed E-state index contributed by atoms with van der Waals surface area (Å²) in [6.07, 6.45) is 1.65. The Morgan fingerprint density at radius 3 is 2.50 bits per heavy atom. The molecule has 0 unspecified atom stereocenters. The Balaban J connectivity index is 3.23. The normalized spacial score (nSPS) is 9.70. The molecule has 0 aliphatic carbocycles. The topological polar surface area (TPSA) is 84.9 Å². The van der Waals surface area contributed by atoms with Crippen molar-refractivity contribution in [3.8, 4) is 0 Å². The number of aryl methyl sites for hydroxylation is 1. The van der Waals surface area contributed by atoms with Crippen LogP contribution in [0.15, 0.2) is 6.20 Å². The van der Waals surface area contributed by atoms with Crippen molar-refractivity contribution < 1.29 is 4.79 Å². The van der Waals surface area contributed by atoms with E-state index in [0.29, 0.717) is 11.4 Å². The molecular weight excluding hydrogens is 130 g/mol. The molecule has 0 aliphatic rings. The van der Waals surface area contributed by atoms with Crippen LogP contribution in [0.25, 0.3) is 0 Å². The van der Waals surface area contributed by atoms with E-state index in [2.05, 4.69) is 4.98 Å². The van der Waals surface area contributed by atoms with Gasteiger partial charge in [-0.3, -0.25) is 4.79 Å². The summed E-state index contributed by atoms with van der Waals surface area (Å²) in [4.78, 5) is 13.3. The Labute approximate surface area is 58.2 Å². The molecule has 4 nitrogen and oxygen atoms in total. The van der Waals surface area contributed by atoms with Crippen molar-refractivity contribution >= 4 is 11.7 Å². The number of primary amides is 1. The van der Waals surface area contributed by atoms with Gasteiger partial charge in [0.05, 0.1) is 5.56 Å². The van der Waals surface area contributed by atoms with Gasteiger partial charge in [0, 0.05) is 6.20 Å². The first-order valence-electron chi connectivity index (χ1n) is 2.86. The number of aromatic nitrogens is 1. The summed E-state index contributed by atoms with van der Waals surface area (Å²) in [6.45, 7) is 1.77. The summed E-state index contributed by atoms with van der Waals surface area (Å²) in [5, 5.41) is 0. The van der Waals surface area contributed by atoms with E-state index in [1.807, 2.05) is 0 Å². The van der Waals surface area contributed by atoms with Crippen molar-refractivity contribution in [3.63, 3.8) is 0 Å². The molecule has 1 rings (SSSR count). The summed E-state index contributed by atoms with van der Waals surface area (Å²) in [6, 6.07) is 0. The van der Waals surface area contributed by atoms with Crippen LogP contribution in [0.3, 0.4) is 0 Å². The third-order valence-electron chi connectivity index (χ3n) is 1.35. The number of carbonyl (C=O) groups is 1. The molecule has 1 amide bonds. The average molecular weight is 139 g/mol. The van der Waals surface area contributed by atoms with Gasteiger partial charge in [-0.15, -0.1) is 0 Å². The van der Waals surface area contributed by atoms with Gasteiger partial charge in [0.2, 0.25) is 0 Å². The van der Waals surface area contributed by atoms with Crippen LogP contribution in [0, 0.1) is 6.92 Å². The number of rotatable bonds is 1. The second-order valence-electron chi connectivity index (χ2n) is 2.12. The molecule has 54 valence electrons. The fourth-order valence-corrected chi connectivity index (χ4v) is 0.870. The molecule has 0 bridgehead atoms. The summed E-state index contributed by atoms with van der Waals surface area (Å²) in [5.74, 6) is -0.152. The van der Waals surface area contributed by atoms with Crippen LogP contribution in [-0.2, 0) is 0 Å². The highest BCUT2D eigenvalue weighted by atomic mass is 16.1. The highest BCUT2D eigenvalue weighted by molar-refractivity contribution is 5.98. The zero-order valence-corrected chi connectivity index (χ0v) is 5.64. The number of hydrogen-bond donors (Lipinski definition) is 3. The monoisotopic (exact) mass is 139 g/mol. The third-order valence-corrected chi connectivity index (χ3v) is 1.35. The Bertz CT molecular complexity index is 244. The van der Waals surface area contributed by atoms with Crippen LogP contribution in [0.2, 0.25) is 0 Å². The highest BCUT2D eigenvalue weighted by Gasteiger charge is 2.09. The summed E-state index contributed by atoms with van der Waals surface area (Å²) in [5.41, 5.74) is 11.6. The number of carbonyl (C=O) groups excluding carboxylic acids is 1. The van der Waals surface area contributed by atoms with E-state index in [9.17, 15) is 4.79 Å². The van der Waals surface area contributed by atoms with Gasteiger partial charge in [-0.2, -0.15) is 0 Å². The standard InChI is InChI=1S/C6H9N3O/c1-3-2-9-5(7)4(3)6(8)10/h2,9H,7H2,1H3,(H2,8,10). The largest absolute Gasteiger partial charge is 0.385 e. The lowest BCUT2D eigenvalue weighted by atomic mass is 10.2. The molecule has 0 atom stereocenters. The van der Waals surface area contributed by atoms with E-state index in [1.54, 1.807) is 13.1 Å². The zero-order valence-electron chi connectivity index (χ0n) is 5.64. The summed E-state index contributed by atoms with van der Waals surface area (Å²) >= 11 is 0. The maximum atomic E-state index is 10.6. The number of anilines is 1. The number of nitrogens with one attached hydrogen (secondary N) is 1. The van der Waals surface area contributed by atoms with Crippen LogP contribution in [0.5, 0.6) is 0 Å². The van der Waals surface area contributed by atoms with E-state index in [-0.39, 0.29) is 0 Å². The second kappa shape index (κ2) is 2.06. The molecule has 0 spiro atoms. The average Bonchev–Trinajstić information content (AvgIpc) is 2.11. The van der Waals surface area contributed by atoms with Gasteiger partial charge in [-0.1, -0.05) is 0 Å². The lowest BCUT2D eigenvalue weighted by Gasteiger charge is -1.92. The van der Waals surface area contributed by atoms with E-state index in [0.717, 1.165) is 5.56 Å². The van der Waals surface area contributed by atoms with Gasteiger partial charge in [0.1, 0.15) is 5.82 Å². The molecule has 0 aliphatic heterocycles. The summed E-state index contributed by atoms with van der Waals surface area (Å²) < 4.78 is 0. The maximum absolute atomic E-state index is 10.6. The van der Waals surface area contributed by atoms with Crippen molar-refractivity contribution in [1.82, 2.24) is 4.98 Å². The number of hydrogen-bond acceptors (Lipinski definition) is 2. The van der Waals surface area contributed by atoms with Gasteiger partial charge in [0.15, 0.2) is 0 Å². The second-order valence-corrected chi connectivity index (χ2v) is 2.12. The van der Waals surface area contributed by atoms with Crippen LogP contribution in [-0.4, -0.2) is 10.9 Å². The zero-order chi connectivity index (χ0) is 7.72. The van der Waals surface area contributed by atoms with Crippen molar-refractivity contribution in [1.29, 1.82) is 0 Å². The van der Waals surface area contributed by atoms with Gasteiger partial charge in [-0.05, 0) is 12.5 Å². The first-order valence-corrected chi connectivity index (χ1v) is 2.86. The van der Waals surface area contributed by atoms with E-state index < -0.39 is 5.91 Å². The molecule has 0 radical (unpaired) electrons. The highest BCUT2D eigenvalue weighted by Crippen LogP contribution is 2.12. The SMILES string of the molecule is Cc1c[nH]c(N)c1C(N)=O. The quantitative estimate of drug-likeness (QED) is 0.511. The summed E-state index contributed by atoms with van der Waals surface area (Å²) in [7, 11) is 0. The Kier molecular flexibility index (Phi) is 1.37. The maximum Gasteiger partial charge on any atom is 0.252 e. The van der Waals surface area contributed by atoms with Crippen LogP contribution in [0.1, 0.15) is 15.9 Å². The molecule has 0 saturated heterocycles. The van der Waals surface area contributed by atoms with Gasteiger partial charge in [-0.25, -0.2) is 0 Å². The lowest BCUT2D eigenvalue weighted by Crippen LogP contribution is -2.13. The van der Waals surface area contributed by atoms with E-state index >= 15 is 0 Å². The number of nitrogen functional groups attached to an aromatic ring is 1. The number of H-pyrrole nitrogens is 1. The molecule has 10 heavy (non-hydrogen) atoms. The van der Waals surface area contributed by atoms with Crippen molar-refractivity contribution in [2.24, 2.45) is 5.73 Å². The Morgan fingerprint density at radius 1 is 1.70 bits per heavy atom. The fourth-order valence-electron chi connectivity index (χ4n) is 0.870. The number of amides is 1. The molecular formula is C6H9N3O. The Hall–Kier alpha value is -1.45. The van der Waals surface area contributed by atoms with Crippen LogP contribution in [0.4, 0.5) is 5.82 Å². The van der Waals surface area contributed by atoms with Gasteiger partial charge < -0.3 is 16.5 Å². The Morgan fingerprint density at radius 2 is 2.30 bits per heavy atom. The first kappa shape index (κ1) is 6.67. The van der Waals surface area contributed by atoms with Crippen molar-refractivity contribution in [2.75, 3.05) is 5.73 Å². The number of nitrogens with two attached hydrogens (primary N) is 2. The van der Waals surface area contributed by atoms with E-state index in [1.165, 1.54) is 0 Å². The predicted molar refractivity (Wildman–Crippen MR) is 38.5 cm³/mol. The van der Waals surface area contributed by atoms with Crippen LogP contribution < -0.4 is 11.5 Å². The fraction of sp³-hybridized carbons (Fsp3) is 0.167.